The third-order valence-electron chi connectivity index (χ3n) is 4.33. The largest absolute Gasteiger partial charge is 0.444 e. The number of carbonyl (C=O) groups is 1. The average Bonchev–Trinajstić information content (AvgIpc) is 2.99. The number of likely N-dealkylation sites (tertiary alicyclic amines) is 1. The van der Waals surface area contributed by atoms with Gasteiger partial charge in [0.15, 0.2) is 6.29 Å². The van der Waals surface area contributed by atoms with Gasteiger partial charge in [0, 0.05) is 25.6 Å². The summed E-state index contributed by atoms with van der Waals surface area (Å²) in [6.45, 7) is 9.63. The topological polar surface area (TPSA) is 80.3 Å². The van der Waals surface area contributed by atoms with E-state index in [1.54, 1.807) is 0 Å². The lowest BCUT2D eigenvalue weighted by Crippen LogP contribution is -2.49. The molecule has 0 aromatic rings. The molecule has 2 fully saturated rings. The van der Waals surface area contributed by atoms with Crippen LogP contribution in [0.4, 0.5) is 4.79 Å². The fourth-order valence-corrected chi connectivity index (χ4v) is 3.09. The average molecular weight is 344 g/mol. The highest BCUT2D eigenvalue weighted by molar-refractivity contribution is 5.68. The zero-order valence-electron chi connectivity index (χ0n) is 15.1. The zero-order valence-corrected chi connectivity index (χ0v) is 15.1. The molecule has 2 N–H and O–H groups in total. The predicted molar refractivity (Wildman–Crippen MR) is 89.7 cm³/mol. The molecule has 0 spiro atoms. The molecule has 2 saturated heterocycles. The lowest BCUT2D eigenvalue weighted by Gasteiger charge is -2.34. The molecule has 0 bridgehead atoms. The first-order valence-electron chi connectivity index (χ1n) is 8.91. The van der Waals surface area contributed by atoms with Gasteiger partial charge in [-0.25, -0.2) is 4.79 Å². The van der Waals surface area contributed by atoms with E-state index in [1.807, 2.05) is 20.8 Å². The van der Waals surface area contributed by atoms with Gasteiger partial charge in [-0.3, -0.25) is 0 Å². The van der Waals surface area contributed by atoms with Crippen LogP contribution in [0.5, 0.6) is 0 Å². The van der Waals surface area contributed by atoms with E-state index in [4.69, 9.17) is 14.2 Å². The number of piperidine rings is 1. The molecule has 2 aliphatic rings. The molecule has 0 saturated carbocycles. The van der Waals surface area contributed by atoms with Crippen molar-refractivity contribution in [1.82, 2.24) is 10.2 Å². The number of alkyl carbamates (subject to hydrolysis) is 1. The van der Waals surface area contributed by atoms with E-state index in [9.17, 15) is 9.90 Å². The van der Waals surface area contributed by atoms with Gasteiger partial charge in [-0.2, -0.15) is 0 Å². The van der Waals surface area contributed by atoms with Crippen molar-refractivity contribution < 1.29 is 24.1 Å². The molecule has 0 radical (unpaired) electrons. The highest BCUT2D eigenvalue weighted by Crippen LogP contribution is 2.18. The molecule has 7 heteroatoms. The summed E-state index contributed by atoms with van der Waals surface area (Å²) in [5.41, 5.74) is -0.519. The second-order valence-corrected chi connectivity index (χ2v) is 7.68. The number of amides is 1. The van der Waals surface area contributed by atoms with E-state index >= 15 is 0 Å². The summed E-state index contributed by atoms with van der Waals surface area (Å²) in [5, 5.41) is 12.2. The Hall–Kier alpha value is -0.890. The number of carbonyl (C=O) groups excluding carboxylic acids is 1. The van der Waals surface area contributed by atoms with Crippen molar-refractivity contribution in [3.05, 3.63) is 0 Å². The van der Waals surface area contributed by atoms with E-state index in [1.165, 1.54) is 0 Å². The quantitative estimate of drug-likeness (QED) is 0.757. The number of nitrogens with one attached hydrogen (secondary N) is 1. The van der Waals surface area contributed by atoms with Crippen LogP contribution < -0.4 is 5.32 Å². The predicted octanol–water partition coefficient (Wildman–Crippen LogP) is 1.35. The van der Waals surface area contributed by atoms with Crippen LogP contribution in [-0.2, 0) is 14.2 Å². The van der Waals surface area contributed by atoms with E-state index in [0.29, 0.717) is 25.6 Å². The fourth-order valence-electron chi connectivity index (χ4n) is 3.09. The smallest absolute Gasteiger partial charge is 0.407 e. The minimum Gasteiger partial charge on any atom is -0.444 e. The number of rotatable bonds is 6. The van der Waals surface area contributed by atoms with Crippen molar-refractivity contribution in [1.29, 1.82) is 0 Å². The van der Waals surface area contributed by atoms with Gasteiger partial charge in [0.05, 0.1) is 13.2 Å². The van der Waals surface area contributed by atoms with Gasteiger partial charge >= 0.3 is 6.09 Å². The third kappa shape index (κ3) is 6.93. The zero-order chi connectivity index (χ0) is 17.6. The molecule has 0 aromatic carbocycles. The maximum Gasteiger partial charge on any atom is 0.407 e. The first-order chi connectivity index (χ1) is 11.4. The van der Waals surface area contributed by atoms with Crippen molar-refractivity contribution >= 4 is 6.09 Å². The Bertz CT molecular complexity index is 385. The van der Waals surface area contributed by atoms with Gasteiger partial charge in [0.2, 0.25) is 0 Å². The first kappa shape index (κ1) is 19.4. The summed E-state index contributed by atoms with van der Waals surface area (Å²) in [6, 6.07) is -0.0892. The molecule has 2 aliphatic heterocycles. The highest BCUT2D eigenvalue weighted by Gasteiger charge is 2.28. The molecule has 140 valence electrons. The van der Waals surface area contributed by atoms with Gasteiger partial charge in [-0.05, 0) is 52.6 Å². The van der Waals surface area contributed by atoms with Crippen molar-refractivity contribution in [2.45, 2.75) is 58.0 Å². The van der Waals surface area contributed by atoms with Gasteiger partial charge in [0.25, 0.3) is 0 Å². The van der Waals surface area contributed by atoms with Crippen LogP contribution in [0.15, 0.2) is 0 Å². The Kier molecular flexibility index (Phi) is 7.28. The molecule has 7 nitrogen and oxygen atoms in total. The summed E-state index contributed by atoms with van der Waals surface area (Å²) in [5.74, 6) is 0.403. The van der Waals surface area contributed by atoms with Crippen LogP contribution in [0.1, 0.15) is 40.0 Å². The monoisotopic (exact) mass is 344 g/mol. The van der Waals surface area contributed by atoms with Crippen LogP contribution in [0.2, 0.25) is 0 Å². The van der Waals surface area contributed by atoms with Gasteiger partial charge < -0.3 is 29.5 Å². The number of aliphatic hydroxyl groups excluding tert-OH is 1. The van der Waals surface area contributed by atoms with Crippen LogP contribution in [0.25, 0.3) is 0 Å². The van der Waals surface area contributed by atoms with Crippen molar-refractivity contribution in [2.75, 3.05) is 39.5 Å². The van der Waals surface area contributed by atoms with E-state index in [0.717, 1.165) is 32.5 Å². The standard InChI is InChI=1S/C17H32N2O5/c1-17(2,3)24-16(21)18-14(10-15-22-8-9-23-15)11-19-6-4-13(12-20)5-7-19/h13-15,20H,4-12H2,1-3H3,(H,18,21). The lowest BCUT2D eigenvalue weighted by molar-refractivity contribution is -0.0553. The maximum absolute atomic E-state index is 12.1. The summed E-state index contributed by atoms with van der Waals surface area (Å²) in [4.78, 5) is 14.4. The summed E-state index contributed by atoms with van der Waals surface area (Å²) >= 11 is 0. The van der Waals surface area contributed by atoms with Gasteiger partial charge in [-0.15, -0.1) is 0 Å². The Balaban J connectivity index is 1.86. The minimum atomic E-state index is -0.519. The molecular formula is C17H32N2O5. The SMILES string of the molecule is CC(C)(C)OC(=O)NC(CC1OCCO1)CN1CCC(CO)CC1. The molecule has 2 rings (SSSR count). The Morgan fingerprint density at radius 3 is 2.46 bits per heavy atom. The van der Waals surface area contributed by atoms with Crippen molar-refractivity contribution in [2.24, 2.45) is 5.92 Å². The number of aliphatic hydroxyl groups is 1. The van der Waals surface area contributed by atoms with Crippen LogP contribution in [0.3, 0.4) is 0 Å². The van der Waals surface area contributed by atoms with Gasteiger partial charge in [0.1, 0.15) is 5.60 Å². The van der Waals surface area contributed by atoms with Crippen LogP contribution >= 0.6 is 0 Å². The number of hydrogen-bond donors (Lipinski definition) is 2. The Morgan fingerprint density at radius 2 is 1.92 bits per heavy atom. The molecule has 0 aliphatic carbocycles. The normalized spacial score (nSPS) is 22.5. The van der Waals surface area contributed by atoms with E-state index < -0.39 is 11.7 Å². The molecular weight excluding hydrogens is 312 g/mol. The first-order valence-corrected chi connectivity index (χ1v) is 8.91. The second kappa shape index (κ2) is 8.99. The number of hydrogen-bond acceptors (Lipinski definition) is 6. The maximum atomic E-state index is 12.1. The summed E-state index contributed by atoms with van der Waals surface area (Å²) < 4.78 is 16.4. The molecule has 1 atom stereocenters. The minimum absolute atomic E-state index is 0.0892. The Morgan fingerprint density at radius 1 is 1.29 bits per heavy atom. The van der Waals surface area contributed by atoms with Crippen molar-refractivity contribution in [3.8, 4) is 0 Å². The van der Waals surface area contributed by atoms with Crippen LogP contribution in [0, 0.1) is 5.92 Å². The number of ether oxygens (including phenoxy) is 3. The third-order valence-corrected chi connectivity index (χ3v) is 4.33. The highest BCUT2D eigenvalue weighted by atomic mass is 16.7. The van der Waals surface area contributed by atoms with E-state index in [-0.39, 0.29) is 18.9 Å². The summed E-state index contributed by atoms with van der Waals surface area (Å²) in [6.07, 6.45) is 1.92. The van der Waals surface area contributed by atoms with Crippen LogP contribution in [-0.4, -0.2) is 73.5 Å². The fraction of sp³-hybridized carbons (Fsp3) is 0.941. The molecule has 1 unspecified atom stereocenters. The molecule has 1 amide bonds. The molecule has 24 heavy (non-hydrogen) atoms. The summed E-state index contributed by atoms with van der Waals surface area (Å²) in [7, 11) is 0. The van der Waals surface area contributed by atoms with Gasteiger partial charge in [-0.1, -0.05) is 0 Å². The van der Waals surface area contributed by atoms with Crippen molar-refractivity contribution in [3.63, 3.8) is 0 Å². The molecule has 0 aromatic heterocycles. The Labute approximate surface area is 144 Å². The lowest BCUT2D eigenvalue weighted by atomic mass is 9.97. The number of nitrogens with zero attached hydrogens (tertiary/aromatic N) is 1. The molecule has 2 heterocycles. The second-order valence-electron chi connectivity index (χ2n) is 7.68. The van der Waals surface area contributed by atoms with E-state index in [2.05, 4.69) is 10.2 Å².